The van der Waals surface area contributed by atoms with Gasteiger partial charge < -0.3 is 16.4 Å². The van der Waals surface area contributed by atoms with Gasteiger partial charge in [-0.05, 0) is 69.1 Å². The van der Waals surface area contributed by atoms with Gasteiger partial charge in [-0.1, -0.05) is 12.2 Å². The monoisotopic (exact) mass is 295 g/mol. The summed E-state index contributed by atoms with van der Waals surface area (Å²) in [6.45, 7) is 0.648. The third kappa shape index (κ3) is 3.08. The van der Waals surface area contributed by atoms with Gasteiger partial charge in [0, 0.05) is 12.1 Å². The van der Waals surface area contributed by atoms with E-state index in [2.05, 4.69) is 10.6 Å². The van der Waals surface area contributed by atoms with Crippen LogP contribution in [0, 0.1) is 17.8 Å². The third-order valence-corrected chi connectivity index (χ3v) is 5.51. The molecule has 0 aromatic carbocycles. The van der Waals surface area contributed by atoms with Gasteiger partial charge in [0.2, 0.25) is 0 Å². The first-order valence-corrected chi connectivity index (χ1v) is 8.30. The van der Waals surface area contributed by atoms with Crippen LogP contribution in [0.15, 0.2) is 0 Å². The molecule has 0 radical (unpaired) electrons. The normalized spacial score (nSPS) is 37.7. The molecule has 0 saturated heterocycles. The molecule has 4 saturated carbocycles. The van der Waals surface area contributed by atoms with E-state index in [0.717, 1.165) is 24.2 Å². The average molecular weight is 295 g/mol. The molecule has 0 heterocycles. The summed E-state index contributed by atoms with van der Waals surface area (Å²) in [4.78, 5) is 12.6. The maximum absolute atomic E-state index is 12.1. The molecular weight excluding hydrogens is 270 g/mol. The molecule has 2 amide bonds. The second-order valence-electron chi connectivity index (χ2n) is 7.15. The van der Waals surface area contributed by atoms with Crippen LogP contribution in [0.25, 0.3) is 0 Å². The lowest BCUT2D eigenvalue weighted by Gasteiger charge is -2.56. The van der Waals surface area contributed by atoms with Crippen molar-refractivity contribution >= 4 is 23.2 Å². The van der Waals surface area contributed by atoms with E-state index in [1.165, 1.54) is 38.5 Å². The summed E-state index contributed by atoms with van der Waals surface area (Å²) >= 11 is 4.83. The number of carbonyl (C=O) groups is 1. The Hall–Kier alpha value is -0.840. The standard InChI is InChI=1S/C15H25N3OS/c16-13(20)2-1-3-17-14(19)18-15-7-10-4-11(8-15)6-12(5-10)9-15/h10-12H,1-9H2,(H2,16,20)(H2,17,18,19). The highest BCUT2D eigenvalue weighted by Gasteiger charge is 2.51. The Labute approximate surface area is 126 Å². The Kier molecular flexibility index (Phi) is 3.89. The van der Waals surface area contributed by atoms with Gasteiger partial charge in [0.1, 0.15) is 0 Å². The Morgan fingerprint density at radius 3 is 2.20 bits per heavy atom. The second-order valence-corrected chi connectivity index (χ2v) is 7.67. The van der Waals surface area contributed by atoms with E-state index in [9.17, 15) is 4.79 Å². The van der Waals surface area contributed by atoms with Crippen molar-refractivity contribution < 1.29 is 4.79 Å². The number of urea groups is 1. The largest absolute Gasteiger partial charge is 0.393 e. The number of thiocarbonyl (C=S) groups is 1. The van der Waals surface area contributed by atoms with Crippen LogP contribution in [0.2, 0.25) is 0 Å². The molecule has 112 valence electrons. The first-order valence-electron chi connectivity index (χ1n) is 7.89. The Morgan fingerprint density at radius 2 is 1.70 bits per heavy atom. The van der Waals surface area contributed by atoms with Crippen LogP contribution in [0.3, 0.4) is 0 Å². The van der Waals surface area contributed by atoms with Gasteiger partial charge in [-0.15, -0.1) is 0 Å². The number of carbonyl (C=O) groups excluding carboxylic acids is 1. The highest BCUT2D eigenvalue weighted by molar-refractivity contribution is 7.80. The van der Waals surface area contributed by atoms with E-state index in [1.807, 2.05) is 0 Å². The summed E-state index contributed by atoms with van der Waals surface area (Å²) in [6.07, 6.45) is 9.30. The molecule has 5 heteroatoms. The molecule has 0 atom stereocenters. The van der Waals surface area contributed by atoms with Crippen LogP contribution in [-0.4, -0.2) is 23.1 Å². The second kappa shape index (κ2) is 5.51. The van der Waals surface area contributed by atoms with Gasteiger partial charge >= 0.3 is 6.03 Å². The van der Waals surface area contributed by atoms with Crippen molar-refractivity contribution in [3.8, 4) is 0 Å². The lowest BCUT2D eigenvalue weighted by molar-refractivity contribution is -0.0135. The minimum absolute atomic E-state index is 0.00473. The molecule has 0 spiro atoms. The predicted octanol–water partition coefficient (Wildman–Crippen LogP) is 2.32. The first kappa shape index (κ1) is 14.1. The molecule has 4 bridgehead atoms. The fourth-order valence-electron chi connectivity index (χ4n) is 5.01. The van der Waals surface area contributed by atoms with Gasteiger partial charge in [0.15, 0.2) is 0 Å². The number of amides is 2. The topological polar surface area (TPSA) is 67.1 Å². The highest BCUT2D eigenvalue weighted by atomic mass is 32.1. The highest BCUT2D eigenvalue weighted by Crippen LogP contribution is 2.55. The van der Waals surface area contributed by atoms with E-state index in [1.54, 1.807) is 0 Å². The number of hydrogen-bond donors (Lipinski definition) is 3. The molecule has 4 rings (SSSR count). The van der Waals surface area contributed by atoms with E-state index in [0.29, 0.717) is 18.0 Å². The van der Waals surface area contributed by atoms with Crippen molar-refractivity contribution in [2.45, 2.75) is 56.9 Å². The van der Waals surface area contributed by atoms with Crippen molar-refractivity contribution in [3.05, 3.63) is 0 Å². The van der Waals surface area contributed by atoms with Crippen LogP contribution in [0.4, 0.5) is 4.79 Å². The molecule has 4 nitrogen and oxygen atoms in total. The van der Waals surface area contributed by atoms with Crippen LogP contribution >= 0.6 is 12.2 Å². The van der Waals surface area contributed by atoms with Crippen molar-refractivity contribution in [2.75, 3.05) is 6.54 Å². The molecule has 0 aromatic heterocycles. The zero-order valence-corrected chi connectivity index (χ0v) is 12.8. The Bertz CT molecular complexity index is 375. The zero-order chi connectivity index (χ0) is 14.2. The smallest absolute Gasteiger partial charge is 0.315 e. The molecule has 4 N–H and O–H groups in total. The fourth-order valence-corrected chi connectivity index (χ4v) is 5.16. The van der Waals surface area contributed by atoms with Crippen LogP contribution in [0.5, 0.6) is 0 Å². The summed E-state index contributed by atoms with van der Waals surface area (Å²) in [6, 6.07) is -0.00473. The molecule has 0 aromatic rings. The molecule has 4 aliphatic rings. The fraction of sp³-hybridized carbons (Fsp3) is 0.867. The molecular formula is C15H25N3OS. The minimum atomic E-state index is -0.00473. The Morgan fingerprint density at radius 1 is 1.15 bits per heavy atom. The van der Waals surface area contributed by atoms with E-state index in [4.69, 9.17) is 18.0 Å². The van der Waals surface area contributed by atoms with Gasteiger partial charge in [0.25, 0.3) is 0 Å². The number of rotatable bonds is 5. The third-order valence-electron chi connectivity index (χ3n) is 5.30. The predicted molar refractivity (Wildman–Crippen MR) is 83.5 cm³/mol. The number of nitrogens with two attached hydrogens (primary N) is 1. The SMILES string of the molecule is NC(=S)CCCNC(=O)NC12CC3CC(CC(C3)C1)C2. The quantitative estimate of drug-likeness (QED) is 0.538. The summed E-state index contributed by atoms with van der Waals surface area (Å²) < 4.78 is 0. The minimum Gasteiger partial charge on any atom is -0.393 e. The van der Waals surface area contributed by atoms with Crippen molar-refractivity contribution in [1.82, 2.24) is 10.6 Å². The molecule has 4 aliphatic carbocycles. The number of nitrogens with one attached hydrogen (secondary N) is 2. The summed E-state index contributed by atoms with van der Waals surface area (Å²) in [7, 11) is 0. The maximum atomic E-state index is 12.1. The average Bonchev–Trinajstić information content (AvgIpc) is 2.32. The first-order chi connectivity index (χ1) is 9.55. The van der Waals surface area contributed by atoms with Crippen molar-refractivity contribution in [3.63, 3.8) is 0 Å². The molecule has 0 aliphatic heterocycles. The lowest BCUT2D eigenvalue weighted by Crippen LogP contribution is -2.61. The molecule has 20 heavy (non-hydrogen) atoms. The summed E-state index contributed by atoms with van der Waals surface area (Å²) in [5.74, 6) is 2.57. The summed E-state index contributed by atoms with van der Waals surface area (Å²) in [5.41, 5.74) is 5.55. The van der Waals surface area contributed by atoms with Crippen LogP contribution in [0.1, 0.15) is 51.4 Å². The van der Waals surface area contributed by atoms with Crippen LogP contribution < -0.4 is 16.4 Å². The van der Waals surface area contributed by atoms with Crippen molar-refractivity contribution in [1.29, 1.82) is 0 Å². The van der Waals surface area contributed by atoms with Crippen LogP contribution in [-0.2, 0) is 0 Å². The van der Waals surface area contributed by atoms with Crippen molar-refractivity contribution in [2.24, 2.45) is 23.5 Å². The molecule has 0 unspecified atom stereocenters. The number of hydrogen-bond acceptors (Lipinski definition) is 2. The summed E-state index contributed by atoms with van der Waals surface area (Å²) in [5, 5.41) is 6.25. The zero-order valence-electron chi connectivity index (χ0n) is 12.0. The van der Waals surface area contributed by atoms with E-state index in [-0.39, 0.29) is 11.6 Å². The lowest BCUT2D eigenvalue weighted by atomic mass is 9.53. The maximum Gasteiger partial charge on any atom is 0.315 e. The van der Waals surface area contributed by atoms with Gasteiger partial charge in [-0.2, -0.15) is 0 Å². The van der Waals surface area contributed by atoms with Gasteiger partial charge in [-0.25, -0.2) is 4.79 Å². The molecule has 4 fully saturated rings. The van der Waals surface area contributed by atoms with Gasteiger partial charge in [0.05, 0.1) is 4.99 Å². The van der Waals surface area contributed by atoms with E-state index < -0.39 is 0 Å². The Balaban J connectivity index is 1.47. The van der Waals surface area contributed by atoms with Gasteiger partial charge in [-0.3, -0.25) is 0 Å². The van der Waals surface area contributed by atoms with E-state index >= 15 is 0 Å².